The first kappa shape index (κ1) is 16.5. The normalized spacial score (nSPS) is 10.9. The van der Waals surface area contributed by atoms with E-state index in [0.717, 1.165) is 6.42 Å². The minimum absolute atomic E-state index is 0.227. The molecule has 0 aromatic heterocycles. The Morgan fingerprint density at radius 2 is 1.58 bits per heavy atom. The molecular weight excluding hydrogens is 279 g/mol. The number of alkyl halides is 2. The first-order valence-corrected chi connectivity index (χ1v) is 7.93. The number of carbonyl (C=O) groups is 1. The molecule has 0 aliphatic heterocycles. The van der Waals surface area contributed by atoms with Gasteiger partial charge in [0.1, 0.15) is 0 Å². The van der Waals surface area contributed by atoms with Gasteiger partial charge in [-0.3, -0.25) is 4.79 Å². The number of benzene rings is 1. The van der Waals surface area contributed by atoms with Crippen LogP contribution in [0.5, 0.6) is 0 Å². The summed E-state index contributed by atoms with van der Waals surface area (Å²) >= 11 is 11.1. The predicted molar refractivity (Wildman–Crippen MR) is 83.3 cm³/mol. The molecule has 0 bridgehead atoms. The van der Waals surface area contributed by atoms with Crippen molar-refractivity contribution in [2.45, 2.75) is 56.7 Å². The number of hydrogen-bond donors (Lipinski definition) is 0. The van der Waals surface area contributed by atoms with E-state index in [9.17, 15) is 4.79 Å². The first-order chi connectivity index (χ1) is 9.15. The molecule has 1 aromatic carbocycles. The van der Waals surface area contributed by atoms with Gasteiger partial charge in [-0.05, 0) is 18.4 Å². The van der Waals surface area contributed by atoms with Crippen LogP contribution in [0.1, 0.15) is 61.4 Å². The number of carbonyl (C=O) groups excluding carboxylic acids is 1. The number of ketones is 1. The lowest BCUT2D eigenvalue weighted by Crippen LogP contribution is -2.07. The SMILES string of the molecule is CCCCCCCCc1ccc(C(=O)C(Cl)Cl)cc1. The van der Waals surface area contributed by atoms with Crippen LogP contribution < -0.4 is 0 Å². The van der Waals surface area contributed by atoms with Gasteiger partial charge in [0.2, 0.25) is 0 Å². The van der Waals surface area contributed by atoms with Gasteiger partial charge in [-0.1, -0.05) is 86.5 Å². The third kappa shape index (κ3) is 6.44. The van der Waals surface area contributed by atoms with Crippen LogP contribution in [0.2, 0.25) is 0 Å². The van der Waals surface area contributed by atoms with Crippen molar-refractivity contribution in [1.82, 2.24) is 0 Å². The second-order valence-corrected chi connectivity index (χ2v) is 5.98. The molecular formula is C16H22Cl2O. The fraction of sp³-hybridized carbons (Fsp3) is 0.562. The van der Waals surface area contributed by atoms with Crippen LogP contribution in [0, 0.1) is 0 Å². The Bertz CT molecular complexity index is 371. The molecule has 19 heavy (non-hydrogen) atoms. The molecule has 1 rings (SSSR count). The maximum absolute atomic E-state index is 11.6. The summed E-state index contributed by atoms with van der Waals surface area (Å²) in [5.74, 6) is -0.227. The van der Waals surface area contributed by atoms with Crippen LogP contribution in [0.15, 0.2) is 24.3 Å². The molecule has 106 valence electrons. The van der Waals surface area contributed by atoms with Crippen LogP contribution in [-0.4, -0.2) is 10.6 Å². The highest BCUT2D eigenvalue weighted by molar-refractivity contribution is 6.55. The monoisotopic (exact) mass is 300 g/mol. The van der Waals surface area contributed by atoms with Gasteiger partial charge >= 0.3 is 0 Å². The largest absolute Gasteiger partial charge is 0.291 e. The first-order valence-electron chi connectivity index (χ1n) is 7.06. The Hall–Kier alpha value is -0.530. The summed E-state index contributed by atoms with van der Waals surface area (Å²) in [7, 11) is 0. The molecule has 0 unspecified atom stereocenters. The Labute approximate surface area is 126 Å². The lowest BCUT2D eigenvalue weighted by molar-refractivity contribution is 0.101. The van der Waals surface area contributed by atoms with Gasteiger partial charge in [0.15, 0.2) is 10.6 Å². The highest BCUT2D eigenvalue weighted by Crippen LogP contribution is 2.15. The highest BCUT2D eigenvalue weighted by atomic mass is 35.5. The molecule has 0 fully saturated rings. The van der Waals surface area contributed by atoms with E-state index in [2.05, 4.69) is 6.92 Å². The maximum atomic E-state index is 11.6. The predicted octanol–water partition coefficient (Wildman–Crippen LogP) is 5.58. The summed E-state index contributed by atoms with van der Waals surface area (Å²) in [6.45, 7) is 2.23. The van der Waals surface area contributed by atoms with Gasteiger partial charge in [0.25, 0.3) is 0 Å². The summed E-state index contributed by atoms with van der Waals surface area (Å²) in [6.07, 6.45) is 8.87. The van der Waals surface area contributed by atoms with E-state index in [1.807, 2.05) is 24.3 Å². The Morgan fingerprint density at radius 1 is 1.00 bits per heavy atom. The average Bonchev–Trinajstić information content (AvgIpc) is 2.42. The number of aryl methyl sites for hydroxylation is 1. The molecule has 0 amide bonds. The number of Topliss-reactive ketones (excluding diaryl/α,β-unsaturated/α-hetero) is 1. The fourth-order valence-corrected chi connectivity index (χ4v) is 2.32. The number of unbranched alkanes of at least 4 members (excludes halogenated alkanes) is 5. The minimum Gasteiger partial charge on any atom is -0.291 e. The van der Waals surface area contributed by atoms with Gasteiger partial charge in [-0.2, -0.15) is 0 Å². The Kier molecular flexibility index (Phi) is 8.16. The molecule has 0 radical (unpaired) electrons. The maximum Gasteiger partial charge on any atom is 0.195 e. The number of halogens is 2. The molecule has 0 N–H and O–H groups in total. The summed E-state index contributed by atoms with van der Waals surface area (Å²) in [5, 5.41) is 0. The Balaban J connectivity index is 2.30. The van der Waals surface area contributed by atoms with Crippen LogP contribution >= 0.6 is 23.2 Å². The lowest BCUT2D eigenvalue weighted by Gasteiger charge is -2.04. The van der Waals surface area contributed by atoms with Crippen molar-refractivity contribution in [2.24, 2.45) is 0 Å². The van der Waals surface area contributed by atoms with Crippen LogP contribution in [0.4, 0.5) is 0 Å². The van der Waals surface area contributed by atoms with E-state index >= 15 is 0 Å². The van der Waals surface area contributed by atoms with E-state index in [0.29, 0.717) is 5.56 Å². The van der Waals surface area contributed by atoms with Gasteiger partial charge in [0.05, 0.1) is 0 Å². The van der Waals surface area contributed by atoms with Gasteiger partial charge in [-0.15, -0.1) is 0 Å². The second-order valence-electron chi connectivity index (χ2n) is 4.88. The number of rotatable bonds is 9. The van der Waals surface area contributed by atoms with Crippen molar-refractivity contribution in [1.29, 1.82) is 0 Å². The van der Waals surface area contributed by atoms with Crippen molar-refractivity contribution in [3.05, 3.63) is 35.4 Å². The van der Waals surface area contributed by atoms with Crippen molar-refractivity contribution in [3.63, 3.8) is 0 Å². The quantitative estimate of drug-likeness (QED) is 0.331. The zero-order chi connectivity index (χ0) is 14.1. The minimum atomic E-state index is -0.968. The van der Waals surface area contributed by atoms with Crippen LogP contribution in [-0.2, 0) is 6.42 Å². The Morgan fingerprint density at radius 3 is 2.16 bits per heavy atom. The van der Waals surface area contributed by atoms with E-state index < -0.39 is 4.84 Å². The lowest BCUT2D eigenvalue weighted by atomic mass is 10.0. The van der Waals surface area contributed by atoms with Crippen molar-refractivity contribution in [3.8, 4) is 0 Å². The van der Waals surface area contributed by atoms with Gasteiger partial charge in [-0.25, -0.2) is 0 Å². The molecule has 0 aliphatic rings. The van der Waals surface area contributed by atoms with E-state index in [1.54, 1.807) is 0 Å². The zero-order valence-electron chi connectivity index (χ0n) is 11.5. The number of hydrogen-bond acceptors (Lipinski definition) is 1. The molecule has 0 aliphatic carbocycles. The van der Waals surface area contributed by atoms with Gasteiger partial charge < -0.3 is 0 Å². The molecule has 0 saturated heterocycles. The molecule has 0 atom stereocenters. The molecule has 3 heteroatoms. The van der Waals surface area contributed by atoms with Crippen LogP contribution in [0.3, 0.4) is 0 Å². The summed E-state index contributed by atoms with van der Waals surface area (Å²) in [5.41, 5.74) is 1.86. The van der Waals surface area contributed by atoms with E-state index in [4.69, 9.17) is 23.2 Å². The standard InChI is InChI=1S/C16H22Cl2O/c1-2-3-4-5-6-7-8-13-9-11-14(12-10-13)15(19)16(17)18/h9-12,16H,2-8H2,1H3. The van der Waals surface area contributed by atoms with Gasteiger partial charge in [0, 0.05) is 5.56 Å². The molecule has 0 heterocycles. The summed E-state index contributed by atoms with van der Waals surface area (Å²) in [4.78, 5) is 10.6. The zero-order valence-corrected chi connectivity index (χ0v) is 13.0. The molecule has 1 aromatic rings. The second kappa shape index (κ2) is 9.39. The summed E-state index contributed by atoms with van der Waals surface area (Å²) < 4.78 is 0. The molecule has 0 saturated carbocycles. The average molecular weight is 301 g/mol. The topological polar surface area (TPSA) is 17.1 Å². The molecule has 1 nitrogen and oxygen atoms in total. The molecule has 0 spiro atoms. The van der Waals surface area contributed by atoms with Crippen molar-refractivity contribution < 1.29 is 4.79 Å². The van der Waals surface area contributed by atoms with Crippen LogP contribution in [0.25, 0.3) is 0 Å². The highest BCUT2D eigenvalue weighted by Gasteiger charge is 2.13. The van der Waals surface area contributed by atoms with Crippen molar-refractivity contribution in [2.75, 3.05) is 0 Å². The smallest absolute Gasteiger partial charge is 0.195 e. The third-order valence-electron chi connectivity index (χ3n) is 3.26. The fourth-order valence-electron chi connectivity index (χ4n) is 2.07. The van der Waals surface area contributed by atoms with E-state index in [1.165, 1.54) is 44.1 Å². The van der Waals surface area contributed by atoms with Crippen molar-refractivity contribution >= 4 is 29.0 Å². The summed E-state index contributed by atoms with van der Waals surface area (Å²) in [6, 6.07) is 7.61. The third-order valence-corrected chi connectivity index (χ3v) is 3.65. The van der Waals surface area contributed by atoms with E-state index in [-0.39, 0.29) is 5.78 Å².